The number of rotatable bonds is 4. The maximum Gasteiger partial charge on any atom is 0.255 e. The molecule has 0 aliphatic carbocycles. The minimum Gasteiger partial charge on any atom is -0.368 e. The van der Waals surface area contributed by atoms with Crippen molar-refractivity contribution >= 4 is 33.0 Å². The topological polar surface area (TPSA) is 78.0 Å². The highest BCUT2D eigenvalue weighted by Crippen LogP contribution is 2.31. The number of hydrogen-bond donors (Lipinski definition) is 0. The van der Waals surface area contributed by atoms with Gasteiger partial charge < -0.3 is 14.7 Å². The smallest absolute Gasteiger partial charge is 0.255 e. The zero-order valence-corrected chi connectivity index (χ0v) is 20.5. The van der Waals surface area contributed by atoms with Gasteiger partial charge in [0.25, 0.3) is 5.91 Å². The van der Waals surface area contributed by atoms with E-state index >= 15 is 0 Å². The molecule has 33 heavy (non-hydrogen) atoms. The zero-order chi connectivity index (χ0) is 23.9. The van der Waals surface area contributed by atoms with Gasteiger partial charge in [-0.2, -0.15) is 0 Å². The molecule has 0 aromatic heterocycles. The number of carbonyl (C=O) groups excluding carboxylic acids is 2. The van der Waals surface area contributed by atoms with Gasteiger partial charge in [-0.15, -0.1) is 0 Å². The maximum atomic E-state index is 13.3. The molecule has 1 unspecified atom stereocenters. The van der Waals surface area contributed by atoms with Gasteiger partial charge in [0, 0.05) is 56.3 Å². The minimum atomic E-state index is -3.66. The summed E-state index contributed by atoms with van der Waals surface area (Å²) in [5.74, 6) is -0.313. The number of piperazine rings is 1. The molecule has 0 bridgehead atoms. The lowest BCUT2D eigenvalue weighted by atomic mass is 10.1. The van der Waals surface area contributed by atoms with E-state index in [4.69, 9.17) is 0 Å². The minimum absolute atomic E-state index is 0.00442. The Morgan fingerprint density at radius 1 is 1.00 bits per heavy atom. The van der Waals surface area contributed by atoms with E-state index in [1.807, 2.05) is 6.92 Å². The first-order valence-electron chi connectivity index (χ1n) is 11.3. The van der Waals surface area contributed by atoms with E-state index in [0.29, 0.717) is 38.3 Å². The summed E-state index contributed by atoms with van der Waals surface area (Å²) in [6.07, 6.45) is 2.29. The van der Waals surface area contributed by atoms with Crippen LogP contribution >= 0.6 is 0 Å². The van der Waals surface area contributed by atoms with Gasteiger partial charge in [-0.1, -0.05) is 17.7 Å². The summed E-state index contributed by atoms with van der Waals surface area (Å²) in [5, 5.41) is 0. The Balaban J connectivity index is 1.56. The number of anilines is 2. The number of hydrogen-bond acceptors (Lipinski definition) is 5. The zero-order valence-electron chi connectivity index (χ0n) is 19.7. The molecule has 2 saturated heterocycles. The van der Waals surface area contributed by atoms with Crippen LogP contribution < -0.4 is 9.80 Å². The molecule has 2 heterocycles. The Labute approximate surface area is 195 Å². The lowest BCUT2D eigenvalue weighted by molar-refractivity contribution is -0.117. The third-order valence-corrected chi connectivity index (χ3v) is 7.76. The molecule has 2 aliphatic heterocycles. The molecule has 1 atom stereocenters. The molecule has 176 valence electrons. The third-order valence-electron chi connectivity index (χ3n) is 6.62. The Kier molecular flexibility index (Phi) is 6.22. The van der Waals surface area contributed by atoms with Crippen LogP contribution in [0.15, 0.2) is 41.3 Å². The van der Waals surface area contributed by atoms with Gasteiger partial charge in [-0.25, -0.2) is 8.42 Å². The SMILES string of the molecule is Cc1ccc(N2CCN(C(=O)c3ccc(N4C(=O)CCC4C)cc3S(C)(=O)=O)CC2)c(C)c1. The molecule has 0 spiro atoms. The number of amides is 2. The highest BCUT2D eigenvalue weighted by molar-refractivity contribution is 7.90. The summed E-state index contributed by atoms with van der Waals surface area (Å²) in [6.45, 7) is 8.49. The average Bonchev–Trinajstić information content (AvgIpc) is 3.10. The summed E-state index contributed by atoms with van der Waals surface area (Å²) in [7, 11) is -3.66. The maximum absolute atomic E-state index is 13.3. The van der Waals surface area contributed by atoms with E-state index in [1.54, 1.807) is 21.9 Å². The third kappa shape index (κ3) is 4.62. The molecular formula is C25H31N3O4S. The number of benzene rings is 2. The second kappa shape index (κ2) is 8.82. The summed E-state index contributed by atoms with van der Waals surface area (Å²) in [6, 6.07) is 11.1. The van der Waals surface area contributed by atoms with Crippen LogP contribution in [0.2, 0.25) is 0 Å². The van der Waals surface area contributed by atoms with E-state index in [9.17, 15) is 18.0 Å². The van der Waals surface area contributed by atoms with Crippen molar-refractivity contribution in [2.75, 3.05) is 42.2 Å². The van der Waals surface area contributed by atoms with Gasteiger partial charge in [-0.3, -0.25) is 9.59 Å². The van der Waals surface area contributed by atoms with Crippen LogP contribution in [0.4, 0.5) is 11.4 Å². The van der Waals surface area contributed by atoms with Crippen molar-refractivity contribution in [3.63, 3.8) is 0 Å². The van der Waals surface area contributed by atoms with Crippen LogP contribution in [0.3, 0.4) is 0 Å². The van der Waals surface area contributed by atoms with E-state index in [1.165, 1.54) is 22.9 Å². The van der Waals surface area contributed by atoms with Gasteiger partial charge in [0.15, 0.2) is 9.84 Å². The summed E-state index contributed by atoms with van der Waals surface area (Å²) in [4.78, 5) is 31.2. The van der Waals surface area contributed by atoms with Gasteiger partial charge in [0.2, 0.25) is 5.91 Å². The normalized spacial score (nSPS) is 19.3. The van der Waals surface area contributed by atoms with Crippen LogP contribution in [0.5, 0.6) is 0 Å². The molecule has 2 aromatic carbocycles. The Hall–Kier alpha value is -2.87. The van der Waals surface area contributed by atoms with Gasteiger partial charge >= 0.3 is 0 Å². The first-order valence-corrected chi connectivity index (χ1v) is 13.2. The largest absolute Gasteiger partial charge is 0.368 e. The number of aryl methyl sites for hydroxylation is 2. The van der Waals surface area contributed by atoms with Crippen LogP contribution in [-0.2, 0) is 14.6 Å². The molecule has 0 N–H and O–H groups in total. The number of sulfone groups is 1. The van der Waals surface area contributed by atoms with Crippen LogP contribution in [-0.4, -0.2) is 63.6 Å². The fourth-order valence-electron chi connectivity index (χ4n) is 4.85. The van der Waals surface area contributed by atoms with Gasteiger partial charge in [-0.05, 0) is 57.0 Å². The second-order valence-electron chi connectivity index (χ2n) is 9.17. The lowest BCUT2D eigenvalue weighted by Crippen LogP contribution is -2.49. The Morgan fingerprint density at radius 3 is 2.27 bits per heavy atom. The van der Waals surface area contributed by atoms with Crippen molar-refractivity contribution in [2.24, 2.45) is 0 Å². The van der Waals surface area contributed by atoms with E-state index < -0.39 is 9.84 Å². The van der Waals surface area contributed by atoms with E-state index in [-0.39, 0.29) is 28.3 Å². The van der Waals surface area contributed by atoms with Crippen LogP contribution in [0.1, 0.15) is 41.3 Å². The Bertz CT molecular complexity index is 1200. The molecular weight excluding hydrogens is 438 g/mol. The van der Waals surface area contributed by atoms with E-state index in [2.05, 4.69) is 36.9 Å². The second-order valence-corrected chi connectivity index (χ2v) is 11.2. The van der Waals surface area contributed by atoms with Crippen molar-refractivity contribution in [3.8, 4) is 0 Å². The van der Waals surface area contributed by atoms with Crippen LogP contribution in [0, 0.1) is 13.8 Å². The predicted octanol–water partition coefficient (Wildman–Crippen LogP) is 3.18. The summed E-state index contributed by atoms with van der Waals surface area (Å²) >= 11 is 0. The molecule has 2 aromatic rings. The molecule has 2 amide bonds. The summed E-state index contributed by atoms with van der Waals surface area (Å²) < 4.78 is 25.2. The number of nitrogens with zero attached hydrogens (tertiary/aromatic N) is 3. The summed E-state index contributed by atoms with van der Waals surface area (Å²) in [5.41, 5.74) is 4.28. The van der Waals surface area contributed by atoms with Crippen molar-refractivity contribution in [3.05, 3.63) is 53.1 Å². The van der Waals surface area contributed by atoms with Gasteiger partial charge in [0.05, 0.1) is 10.5 Å². The standard InChI is InChI=1S/C25H31N3O4S/c1-17-5-9-22(18(2)15-17)26-11-13-27(14-12-26)25(30)21-8-7-20(16-23(21)33(4,31)32)28-19(3)6-10-24(28)29/h5,7-9,15-16,19H,6,10-14H2,1-4H3. The van der Waals surface area contributed by atoms with Crippen molar-refractivity contribution in [1.82, 2.24) is 4.90 Å². The van der Waals surface area contributed by atoms with E-state index in [0.717, 1.165) is 12.7 Å². The highest BCUT2D eigenvalue weighted by Gasteiger charge is 2.32. The molecule has 7 nitrogen and oxygen atoms in total. The molecule has 4 rings (SSSR count). The highest BCUT2D eigenvalue weighted by atomic mass is 32.2. The fraction of sp³-hybridized carbons (Fsp3) is 0.440. The van der Waals surface area contributed by atoms with Gasteiger partial charge in [0.1, 0.15) is 0 Å². The predicted molar refractivity (Wildman–Crippen MR) is 130 cm³/mol. The lowest BCUT2D eigenvalue weighted by Gasteiger charge is -2.37. The molecule has 8 heteroatoms. The molecule has 0 saturated carbocycles. The molecule has 2 aliphatic rings. The molecule has 2 fully saturated rings. The molecule has 0 radical (unpaired) electrons. The first-order chi connectivity index (χ1) is 15.6. The average molecular weight is 470 g/mol. The Morgan fingerprint density at radius 2 is 1.70 bits per heavy atom. The first kappa shape index (κ1) is 23.3. The monoisotopic (exact) mass is 469 g/mol. The van der Waals surface area contributed by atoms with Crippen molar-refractivity contribution < 1.29 is 18.0 Å². The van der Waals surface area contributed by atoms with Crippen molar-refractivity contribution in [1.29, 1.82) is 0 Å². The quantitative estimate of drug-likeness (QED) is 0.687. The van der Waals surface area contributed by atoms with Crippen molar-refractivity contribution in [2.45, 2.75) is 44.6 Å². The number of carbonyl (C=O) groups is 2. The van der Waals surface area contributed by atoms with Crippen LogP contribution in [0.25, 0.3) is 0 Å². The fourth-order valence-corrected chi connectivity index (χ4v) is 5.74.